The van der Waals surface area contributed by atoms with Crippen molar-refractivity contribution in [2.75, 3.05) is 19.6 Å². The van der Waals surface area contributed by atoms with Crippen LogP contribution in [0.3, 0.4) is 0 Å². The van der Waals surface area contributed by atoms with Crippen LogP contribution >= 0.6 is 0 Å². The minimum atomic E-state index is 0.268. The molecule has 20 heavy (non-hydrogen) atoms. The molecule has 0 radical (unpaired) electrons. The van der Waals surface area contributed by atoms with E-state index in [1.807, 2.05) is 12.1 Å². The minimum absolute atomic E-state index is 0.268. The van der Waals surface area contributed by atoms with Gasteiger partial charge in [0.2, 0.25) is 0 Å². The first-order valence-corrected chi connectivity index (χ1v) is 7.73. The van der Waals surface area contributed by atoms with Crippen LogP contribution in [0.1, 0.15) is 38.5 Å². The molecule has 0 spiro atoms. The Morgan fingerprint density at radius 2 is 2.25 bits per heavy atom. The van der Waals surface area contributed by atoms with Gasteiger partial charge in [0.25, 0.3) is 0 Å². The third-order valence-electron chi connectivity index (χ3n) is 4.31. The van der Waals surface area contributed by atoms with Gasteiger partial charge in [0.1, 0.15) is 11.3 Å². The third-order valence-corrected chi connectivity index (χ3v) is 4.31. The van der Waals surface area contributed by atoms with Gasteiger partial charge in [-0.1, -0.05) is 25.1 Å². The molecule has 2 heterocycles. The smallest absolute Gasteiger partial charge is 0.134 e. The normalized spacial score (nSPS) is 22.2. The number of fused-ring (bicyclic) bond motifs is 1. The molecule has 2 aromatic rings. The van der Waals surface area contributed by atoms with E-state index in [1.165, 1.54) is 24.8 Å². The summed E-state index contributed by atoms with van der Waals surface area (Å²) < 4.78 is 5.95. The zero-order chi connectivity index (χ0) is 13.9. The topological polar surface area (TPSA) is 28.4 Å². The lowest BCUT2D eigenvalue weighted by Gasteiger charge is -2.33. The SMILES string of the molecule is CCN1CCCC(NC(C)c2cc3ccccc3o2)C1. The molecule has 3 nitrogen and oxygen atoms in total. The predicted octanol–water partition coefficient (Wildman–Crippen LogP) is 3.57. The van der Waals surface area contributed by atoms with Gasteiger partial charge in [0.05, 0.1) is 6.04 Å². The van der Waals surface area contributed by atoms with E-state index in [1.54, 1.807) is 0 Å². The molecule has 1 saturated heterocycles. The second kappa shape index (κ2) is 5.98. The van der Waals surface area contributed by atoms with E-state index in [2.05, 4.69) is 42.3 Å². The zero-order valence-corrected chi connectivity index (χ0v) is 12.4. The summed E-state index contributed by atoms with van der Waals surface area (Å²) in [5, 5.41) is 4.91. The Morgan fingerprint density at radius 1 is 1.40 bits per heavy atom. The highest BCUT2D eigenvalue weighted by atomic mass is 16.3. The van der Waals surface area contributed by atoms with Crippen molar-refractivity contribution < 1.29 is 4.42 Å². The molecule has 1 aliphatic heterocycles. The fourth-order valence-corrected chi connectivity index (χ4v) is 3.13. The van der Waals surface area contributed by atoms with E-state index < -0.39 is 0 Å². The number of para-hydroxylation sites is 1. The van der Waals surface area contributed by atoms with Crippen LogP contribution in [-0.4, -0.2) is 30.6 Å². The molecule has 1 aliphatic rings. The van der Waals surface area contributed by atoms with E-state index in [0.717, 1.165) is 24.4 Å². The molecule has 0 bridgehead atoms. The molecule has 108 valence electrons. The number of nitrogens with one attached hydrogen (secondary N) is 1. The number of piperidine rings is 1. The molecule has 1 aromatic carbocycles. The van der Waals surface area contributed by atoms with E-state index in [4.69, 9.17) is 4.42 Å². The molecule has 3 heteroatoms. The van der Waals surface area contributed by atoms with Crippen LogP contribution < -0.4 is 5.32 Å². The van der Waals surface area contributed by atoms with E-state index in [-0.39, 0.29) is 6.04 Å². The van der Waals surface area contributed by atoms with Gasteiger partial charge in [0.15, 0.2) is 0 Å². The quantitative estimate of drug-likeness (QED) is 0.922. The maximum Gasteiger partial charge on any atom is 0.134 e. The standard InChI is InChI=1S/C17H24N2O/c1-3-19-10-6-8-15(12-19)18-13(2)17-11-14-7-4-5-9-16(14)20-17/h4-5,7,9,11,13,15,18H,3,6,8,10,12H2,1-2H3. The molecule has 0 saturated carbocycles. The highest BCUT2D eigenvalue weighted by Crippen LogP contribution is 2.24. The molecular formula is C17H24N2O. The molecule has 1 aromatic heterocycles. The first kappa shape index (κ1) is 13.7. The Balaban J connectivity index is 1.67. The Bertz CT molecular complexity index is 530. The van der Waals surface area contributed by atoms with Crippen LogP contribution in [0.15, 0.2) is 34.7 Å². The average molecular weight is 272 g/mol. The van der Waals surface area contributed by atoms with E-state index in [9.17, 15) is 0 Å². The third kappa shape index (κ3) is 2.89. The largest absolute Gasteiger partial charge is 0.459 e. The molecule has 1 N–H and O–H groups in total. The summed E-state index contributed by atoms with van der Waals surface area (Å²) in [6, 6.07) is 11.2. The number of rotatable bonds is 4. The maximum absolute atomic E-state index is 5.95. The van der Waals surface area contributed by atoms with Gasteiger partial charge < -0.3 is 14.6 Å². The summed E-state index contributed by atoms with van der Waals surface area (Å²) in [7, 11) is 0. The van der Waals surface area contributed by atoms with Crippen molar-refractivity contribution in [3.8, 4) is 0 Å². The van der Waals surface area contributed by atoms with Crippen molar-refractivity contribution in [1.82, 2.24) is 10.2 Å². The average Bonchev–Trinajstić information content (AvgIpc) is 2.91. The van der Waals surface area contributed by atoms with Crippen LogP contribution in [-0.2, 0) is 0 Å². The molecule has 1 fully saturated rings. The fraction of sp³-hybridized carbons (Fsp3) is 0.529. The highest BCUT2D eigenvalue weighted by Gasteiger charge is 2.21. The number of hydrogen-bond acceptors (Lipinski definition) is 3. The monoisotopic (exact) mass is 272 g/mol. The predicted molar refractivity (Wildman–Crippen MR) is 82.9 cm³/mol. The van der Waals surface area contributed by atoms with Crippen LogP contribution in [0.25, 0.3) is 11.0 Å². The Hall–Kier alpha value is -1.32. The van der Waals surface area contributed by atoms with Gasteiger partial charge >= 0.3 is 0 Å². The van der Waals surface area contributed by atoms with Gasteiger partial charge in [-0.3, -0.25) is 0 Å². The maximum atomic E-state index is 5.95. The molecule has 2 unspecified atom stereocenters. The summed E-state index contributed by atoms with van der Waals surface area (Å²) in [4.78, 5) is 2.52. The van der Waals surface area contributed by atoms with Gasteiger partial charge in [-0.05, 0) is 45.0 Å². The first-order chi connectivity index (χ1) is 9.76. The van der Waals surface area contributed by atoms with Crippen LogP contribution in [0, 0.1) is 0 Å². The van der Waals surface area contributed by atoms with Crippen molar-refractivity contribution in [1.29, 1.82) is 0 Å². The van der Waals surface area contributed by atoms with Gasteiger partial charge in [-0.2, -0.15) is 0 Å². The van der Waals surface area contributed by atoms with Crippen molar-refractivity contribution >= 4 is 11.0 Å². The number of furan rings is 1. The van der Waals surface area contributed by atoms with Gasteiger partial charge in [-0.15, -0.1) is 0 Å². The Kier molecular flexibility index (Phi) is 4.08. The van der Waals surface area contributed by atoms with Crippen molar-refractivity contribution in [2.24, 2.45) is 0 Å². The van der Waals surface area contributed by atoms with Crippen molar-refractivity contribution in [3.63, 3.8) is 0 Å². The summed E-state index contributed by atoms with van der Waals surface area (Å²) in [5.74, 6) is 1.04. The Morgan fingerprint density at radius 3 is 3.05 bits per heavy atom. The lowest BCUT2D eigenvalue weighted by Crippen LogP contribution is -2.46. The second-order valence-corrected chi connectivity index (χ2v) is 5.81. The van der Waals surface area contributed by atoms with Crippen molar-refractivity contribution in [2.45, 2.75) is 38.8 Å². The fourth-order valence-electron chi connectivity index (χ4n) is 3.13. The van der Waals surface area contributed by atoms with E-state index in [0.29, 0.717) is 6.04 Å². The zero-order valence-electron chi connectivity index (χ0n) is 12.4. The van der Waals surface area contributed by atoms with Gasteiger partial charge in [-0.25, -0.2) is 0 Å². The first-order valence-electron chi connectivity index (χ1n) is 7.73. The van der Waals surface area contributed by atoms with Crippen molar-refractivity contribution in [3.05, 3.63) is 36.1 Å². The molecular weight excluding hydrogens is 248 g/mol. The molecule has 0 amide bonds. The number of benzene rings is 1. The summed E-state index contributed by atoms with van der Waals surface area (Å²) >= 11 is 0. The number of likely N-dealkylation sites (N-methyl/N-ethyl adjacent to an activating group) is 1. The number of likely N-dealkylation sites (tertiary alicyclic amines) is 1. The Labute approximate surface area is 120 Å². The summed E-state index contributed by atoms with van der Waals surface area (Å²) in [6.45, 7) is 7.99. The number of hydrogen-bond donors (Lipinski definition) is 1. The lowest BCUT2D eigenvalue weighted by atomic mass is 10.0. The highest BCUT2D eigenvalue weighted by molar-refractivity contribution is 5.77. The lowest BCUT2D eigenvalue weighted by molar-refractivity contribution is 0.189. The van der Waals surface area contributed by atoms with Crippen LogP contribution in [0.2, 0.25) is 0 Å². The molecule has 3 rings (SSSR count). The van der Waals surface area contributed by atoms with Crippen LogP contribution in [0.5, 0.6) is 0 Å². The summed E-state index contributed by atoms with van der Waals surface area (Å²) in [6.07, 6.45) is 2.55. The molecule has 0 aliphatic carbocycles. The number of nitrogens with zero attached hydrogens (tertiary/aromatic N) is 1. The molecule has 2 atom stereocenters. The second-order valence-electron chi connectivity index (χ2n) is 5.81. The minimum Gasteiger partial charge on any atom is -0.459 e. The van der Waals surface area contributed by atoms with Crippen LogP contribution in [0.4, 0.5) is 0 Å². The van der Waals surface area contributed by atoms with Gasteiger partial charge in [0, 0.05) is 18.0 Å². The van der Waals surface area contributed by atoms with E-state index >= 15 is 0 Å². The summed E-state index contributed by atoms with van der Waals surface area (Å²) in [5.41, 5.74) is 0.981.